The molecule has 0 aliphatic carbocycles. The number of carbonyl (C=O) groups is 2. The van der Waals surface area contributed by atoms with E-state index in [0.717, 1.165) is 31.6 Å². The molecule has 1 aromatic heterocycles. The Labute approximate surface area is 164 Å². The fourth-order valence-electron chi connectivity index (χ4n) is 2.44. The van der Waals surface area contributed by atoms with Gasteiger partial charge in [0.05, 0.1) is 6.54 Å². The van der Waals surface area contributed by atoms with E-state index < -0.39 is 10.0 Å². The van der Waals surface area contributed by atoms with Crippen LogP contribution >= 0.6 is 11.3 Å². The van der Waals surface area contributed by atoms with Crippen molar-refractivity contribution in [3.8, 4) is 0 Å². The lowest BCUT2D eigenvalue weighted by molar-refractivity contribution is -0.121. The Bertz CT molecular complexity index is 946. The zero-order valence-electron chi connectivity index (χ0n) is 15.9. The first-order valence-corrected chi connectivity index (χ1v) is 10.8. The lowest BCUT2D eigenvalue weighted by Gasteiger charge is -2.08. The van der Waals surface area contributed by atoms with Crippen LogP contribution in [-0.4, -0.2) is 38.5 Å². The van der Waals surface area contributed by atoms with Gasteiger partial charge in [-0.25, -0.2) is 12.7 Å². The molecule has 0 aliphatic rings. The van der Waals surface area contributed by atoms with E-state index in [1.54, 1.807) is 6.07 Å². The molecule has 146 valence electrons. The Morgan fingerprint density at radius 3 is 2.44 bits per heavy atom. The normalized spacial score (nSPS) is 11.6. The summed E-state index contributed by atoms with van der Waals surface area (Å²) >= 11 is 1.12. The molecule has 27 heavy (non-hydrogen) atoms. The summed E-state index contributed by atoms with van der Waals surface area (Å²) in [6.07, 6.45) is 0.237. The number of sulfonamides is 1. The Kier molecular flexibility index (Phi) is 6.91. The lowest BCUT2D eigenvalue weighted by Crippen LogP contribution is -2.23. The van der Waals surface area contributed by atoms with Crippen LogP contribution in [0.4, 0.5) is 0 Å². The molecule has 0 radical (unpaired) electrons. The van der Waals surface area contributed by atoms with E-state index in [2.05, 4.69) is 5.32 Å². The predicted octanol–water partition coefficient (Wildman–Crippen LogP) is 2.89. The van der Waals surface area contributed by atoms with Gasteiger partial charge >= 0.3 is 0 Å². The number of ketones is 1. The molecule has 1 aromatic carbocycles. The van der Waals surface area contributed by atoms with Gasteiger partial charge in [-0.2, -0.15) is 0 Å². The van der Waals surface area contributed by atoms with Crippen LogP contribution in [0.5, 0.6) is 0 Å². The van der Waals surface area contributed by atoms with Crippen LogP contribution in [0.2, 0.25) is 0 Å². The summed E-state index contributed by atoms with van der Waals surface area (Å²) in [6.45, 7) is 4.04. The molecule has 6 nitrogen and oxygen atoms in total. The standard InChI is InChI=1S/C19H24N2O4S2/c1-13-5-6-14(2)16(11-13)17(22)8-9-18(23)20-12-15-7-10-19(26-15)27(24,25)21(3)4/h5-7,10-11H,8-9,12H2,1-4H3,(H,20,23). The molecule has 1 N–H and O–H groups in total. The number of nitrogens with zero attached hydrogens (tertiary/aromatic N) is 1. The molecule has 0 fully saturated rings. The lowest BCUT2D eigenvalue weighted by atomic mass is 9.99. The van der Waals surface area contributed by atoms with Gasteiger partial charge in [-0.05, 0) is 37.6 Å². The SMILES string of the molecule is Cc1ccc(C)c(C(=O)CCC(=O)NCc2ccc(S(=O)(=O)N(C)C)s2)c1. The third-order valence-electron chi connectivity index (χ3n) is 4.10. The van der Waals surface area contributed by atoms with Gasteiger partial charge in [0, 0.05) is 37.4 Å². The maximum atomic E-state index is 12.3. The van der Waals surface area contributed by atoms with Gasteiger partial charge in [0.15, 0.2) is 5.78 Å². The van der Waals surface area contributed by atoms with E-state index in [0.29, 0.717) is 5.56 Å². The van der Waals surface area contributed by atoms with Crippen molar-refractivity contribution in [3.63, 3.8) is 0 Å². The molecular formula is C19H24N2O4S2. The summed E-state index contributed by atoms with van der Waals surface area (Å²) in [5.74, 6) is -0.291. The molecule has 1 amide bonds. The average Bonchev–Trinajstić information content (AvgIpc) is 3.09. The summed E-state index contributed by atoms with van der Waals surface area (Å²) in [7, 11) is -0.509. The van der Waals surface area contributed by atoms with Gasteiger partial charge < -0.3 is 5.32 Å². The monoisotopic (exact) mass is 408 g/mol. The fraction of sp³-hybridized carbons (Fsp3) is 0.368. The van der Waals surface area contributed by atoms with Crippen molar-refractivity contribution in [3.05, 3.63) is 51.9 Å². The second kappa shape index (κ2) is 8.77. The number of carbonyl (C=O) groups excluding carboxylic acids is 2. The molecular weight excluding hydrogens is 384 g/mol. The first-order valence-electron chi connectivity index (χ1n) is 8.49. The number of benzene rings is 1. The molecule has 0 unspecified atom stereocenters. The third kappa shape index (κ3) is 5.47. The molecule has 8 heteroatoms. The molecule has 0 saturated carbocycles. The van der Waals surface area contributed by atoms with Crippen LogP contribution in [-0.2, 0) is 21.4 Å². The van der Waals surface area contributed by atoms with Crippen LogP contribution in [0.25, 0.3) is 0 Å². The quantitative estimate of drug-likeness (QED) is 0.681. The minimum Gasteiger partial charge on any atom is -0.351 e. The number of hydrogen-bond donors (Lipinski definition) is 1. The Hall–Kier alpha value is -2.03. The van der Waals surface area contributed by atoms with Crippen molar-refractivity contribution < 1.29 is 18.0 Å². The van der Waals surface area contributed by atoms with Crippen molar-refractivity contribution in [1.29, 1.82) is 0 Å². The summed E-state index contributed by atoms with van der Waals surface area (Å²) in [5.41, 5.74) is 2.56. The number of thiophene rings is 1. The van der Waals surface area contributed by atoms with E-state index in [-0.39, 0.29) is 35.3 Å². The number of rotatable bonds is 8. The van der Waals surface area contributed by atoms with Crippen molar-refractivity contribution in [2.75, 3.05) is 14.1 Å². The molecule has 0 spiro atoms. The fourth-order valence-corrected chi connectivity index (χ4v) is 4.91. The molecule has 2 aromatic rings. The summed E-state index contributed by atoms with van der Waals surface area (Å²) in [4.78, 5) is 25.1. The van der Waals surface area contributed by atoms with Crippen LogP contribution in [0.3, 0.4) is 0 Å². The molecule has 0 bridgehead atoms. The topological polar surface area (TPSA) is 83.5 Å². The van der Waals surface area contributed by atoms with E-state index in [1.807, 2.05) is 32.0 Å². The number of Topliss-reactive ketones (excluding diaryl/α,β-unsaturated/α-hetero) is 1. The highest BCUT2D eigenvalue weighted by Crippen LogP contribution is 2.23. The highest BCUT2D eigenvalue weighted by atomic mass is 32.2. The van der Waals surface area contributed by atoms with Crippen LogP contribution < -0.4 is 5.32 Å². The van der Waals surface area contributed by atoms with Gasteiger partial charge in [0.25, 0.3) is 10.0 Å². The van der Waals surface area contributed by atoms with Gasteiger partial charge in [0.2, 0.25) is 5.91 Å². The van der Waals surface area contributed by atoms with Crippen molar-refractivity contribution in [2.24, 2.45) is 0 Å². The maximum absolute atomic E-state index is 12.3. The molecule has 1 heterocycles. The highest BCUT2D eigenvalue weighted by Gasteiger charge is 2.19. The van der Waals surface area contributed by atoms with Gasteiger partial charge in [0.1, 0.15) is 4.21 Å². The summed E-state index contributed by atoms with van der Waals surface area (Å²) in [5, 5.41) is 2.74. The summed E-state index contributed by atoms with van der Waals surface area (Å²) in [6, 6.07) is 8.91. The van der Waals surface area contributed by atoms with Gasteiger partial charge in [-0.15, -0.1) is 11.3 Å². The van der Waals surface area contributed by atoms with Crippen LogP contribution in [0, 0.1) is 13.8 Å². The average molecular weight is 409 g/mol. The van der Waals surface area contributed by atoms with E-state index in [4.69, 9.17) is 0 Å². The minimum absolute atomic E-state index is 0.0539. The number of nitrogens with one attached hydrogen (secondary N) is 1. The first kappa shape index (κ1) is 21.3. The number of amides is 1. The Morgan fingerprint density at radius 1 is 1.07 bits per heavy atom. The highest BCUT2D eigenvalue weighted by molar-refractivity contribution is 7.91. The molecule has 0 saturated heterocycles. The maximum Gasteiger partial charge on any atom is 0.252 e. The van der Waals surface area contributed by atoms with Gasteiger partial charge in [-0.1, -0.05) is 17.7 Å². The van der Waals surface area contributed by atoms with E-state index >= 15 is 0 Å². The zero-order valence-corrected chi connectivity index (χ0v) is 17.5. The smallest absolute Gasteiger partial charge is 0.252 e. The molecule has 2 rings (SSSR count). The van der Waals surface area contributed by atoms with E-state index in [1.165, 1.54) is 20.2 Å². The Balaban J connectivity index is 1.87. The number of hydrogen-bond acceptors (Lipinski definition) is 5. The second-order valence-corrected chi connectivity index (χ2v) is 10.1. The predicted molar refractivity (Wildman–Crippen MR) is 107 cm³/mol. The third-order valence-corrected chi connectivity index (χ3v) is 7.47. The molecule has 0 atom stereocenters. The van der Waals surface area contributed by atoms with Crippen LogP contribution in [0.1, 0.15) is 39.2 Å². The van der Waals surface area contributed by atoms with Crippen LogP contribution in [0.15, 0.2) is 34.5 Å². The van der Waals surface area contributed by atoms with Crippen molar-refractivity contribution in [2.45, 2.75) is 37.4 Å². The minimum atomic E-state index is -3.46. The zero-order chi connectivity index (χ0) is 20.2. The first-order chi connectivity index (χ1) is 12.6. The molecule has 0 aliphatic heterocycles. The van der Waals surface area contributed by atoms with E-state index in [9.17, 15) is 18.0 Å². The van der Waals surface area contributed by atoms with Crippen molar-refractivity contribution in [1.82, 2.24) is 9.62 Å². The number of aryl methyl sites for hydroxylation is 2. The summed E-state index contributed by atoms with van der Waals surface area (Å²) < 4.78 is 25.5. The van der Waals surface area contributed by atoms with Gasteiger partial charge in [-0.3, -0.25) is 9.59 Å². The second-order valence-electron chi connectivity index (χ2n) is 6.53. The largest absolute Gasteiger partial charge is 0.351 e. The Morgan fingerprint density at radius 2 is 1.78 bits per heavy atom. The van der Waals surface area contributed by atoms with Crippen molar-refractivity contribution >= 4 is 33.1 Å².